The molecule has 2 heterocycles. The monoisotopic (exact) mass is 240 g/mol. The lowest BCUT2D eigenvalue weighted by Gasteiger charge is -2.34. The predicted octanol–water partition coefficient (Wildman–Crippen LogP) is 2.34. The van der Waals surface area contributed by atoms with Gasteiger partial charge in [0, 0.05) is 18.8 Å². The van der Waals surface area contributed by atoms with Crippen molar-refractivity contribution < 1.29 is 4.79 Å². The van der Waals surface area contributed by atoms with E-state index < -0.39 is 0 Å². The minimum Gasteiger partial charge on any atom is -0.339 e. The zero-order valence-corrected chi connectivity index (χ0v) is 10.4. The Morgan fingerprint density at radius 3 is 2.61 bits per heavy atom. The second-order valence-electron chi connectivity index (χ2n) is 4.75. The average Bonchev–Trinajstić information content (AvgIpc) is 2.82. The van der Waals surface area contributed by atoms with Crippen LogP contribution in [0.5, 0.6) is 0 Å². The Morgan fingerprint density at radius 2 is 1.89 bits per heavy atom. The number of carbonyl (C=O) groups is 1. The molecule has 1 aliphatic heterocycles. The number of aldehydes is 1. The van der Waals surface area contributed by atoms with Crippen LogP contribution in [0.25, 0.3) is 0 Å². The summed E-state index contributed by atoms with van der Waals surface area (Å²) in [7, 11) is 2.13. The van der Waals surface area contributed by atoms with E-state index in [0.717, 1.165) is 25.1 Å². The molecule has 92 valence electrons. The Hall–Kier alpha value is -1.87. The minimum atomic E-state index is 0.244. The molecule has 2 aromatic rings. The molecule has 0 radical (unpaired) electrons. The number of aromatic nitrogens is 1. The molecule has 0 amide bonds. The highest BCUT2D eigenvalue weighted by Crippen LogP contribution is 2.31. The molecule has 3 heteroatoms. The van der Waals surface area contributed by atoms with E-state index in [1.807, 2.05) is 12.1 Å². The maximum absolute atomic E-state index is 11.0. The standard InChI is InChI=1S/C15H16N2O/c1-16-9-10-17-13(11-18)7-8-14(17)15(16)12-5-3-2-4-6-12/h2-8,11,15H,9-10H2,1H3. The first-order chi connectivity index (χ1) is 8.81. The van der Waals surface area contributed by atoms with Crippen LogP contribution in [0.3, 0.4) is 0 Å². The van der Waals surface area contributed by atoms with Crippen molar-refractivity contribution in [1.82, 2.24) is 9.47 Å². The molecular weight excluding hydrogens is 224 g/mol. The zero-order valence-electron chi connectivity index (χ0n) is 10.4. The Labute approximate surface area is 107 Å². The van der Waals surface area contributed by atoms with Gasteiger partial charge in [0.1, 0.15) is 0 Å². The topological polar surface area (TPSA) is 25.2 Å². The molecule has 1 aromatic carbocycles. The molecule has 0 aliphatic carbocycles. The van der Waals surface area contributed by atoms with Gasteiger partial charge in [-0.25, -0.2) is 0 Å². The molecular formula is C15H16N2O. The summed E-state index contributed by atoms with van der Waals surface area (Å²) in [5.41, 5.74) is 3.26. The van der Waals surface area contributed by atoms with Crippen molar-refractivity contribution in [3.63, 3.8) is 0 Å². The van der Waals surface area contributed by atoms with Crippen LogP contribution in [0.4, 0.5) is 0 Å². The first kappa shape index (κ1) is 11.2. The molecule has 0 bridgehead atoms. The third-order valence-corrected chi connectivity index (χ3v) is 3.68. The highest BCUT2D eigenvalue weighted by atomic mass is 16.1. The molecule has 0 saturated carbocycles. The summed E-state index contributed by atoms with van der Waals surface area (Å²) in [5, 5.41) is 0. The zero-order chi connectivity index (χ0) is 12.5. The van der Waals surface area contributed by atoms with Crippen LogP contribution in [-0.2, 0) is 6.54 Å². The van der Waals surface area contributed by atoms with Crippen LogP contribution in [0.15, 0.2) is 42.5 Å². The summed E-state index contributed by atoms with van der Waals surface area (Å²) >= 11 is 0. The first-order valence-electron chi connectivity index (χ1n) is 6.21. The predicted molar refractivity (Wildman–Crippen MR) is 70.7 cm³/mol. The normalized spacial score (nSPS) is 19.5. The molecule has 3 rings (SSSR count). The lowest BCUT2D eigenvalue weighted by molar-refractivity contribution is 0.111. The number of hydrogen-bond acceptors (Lipinski definition) is 2. The Morgan fingerprint density at radius 1 is 1.11 bits per heavy atom. The SMILES string of the molecule is CN1CCn2c(C=O)ccc2C1c1ccccc1. The number of likely N-dealkylation sites (N-methyl/N-ethyl adjacent to an activating group) is 1. The quantitative estimate of drug-likeness (QED) is 0.753. The second-order valence-corrected chi connectivity index (χ2v) is 4.75. The Kier molecular flexibility index (Phi) is 2.76. The van der Waals surface area contributed by atoms with Gasteiger partial charge in [0.2, 0.25) is 0 Å². The van der Waals surface area contributed by atoms with E-state index in [9.17, 15) is 4.79 Å². The average molecular weight is 240 g/mol. The number of hydrogen-bond donors (Lipinski definition) is 0. The molecule has 0 fully saturated rings. The number of nitrogens with zero attached hydrogens (tertiary/aromatic N) is 2. The Bertz CT molecular complexity index is 559. The fourth-order valence-electron chi connectivity index (χ4n) is 2.77. The van der Waals surface area contributed by atoms with Gasteiger partial charge < -0.3 is 4.57 Å². The van der Waals surface area contributed by atoms with Crippen LogP contribution in [-0.4, -0.2) is 29.3 Å². The highest BCUT2D eigenvalue weighted by molar-refractivity contribution is 5.73. The maximum atomic E-state index is 11.0. The first-order valence-corrected chi connectivity index (χ1v) is 6.21. The van der Waals surface area contributed by atoms with Gasteiger partial charge in [0.25, 0.3) is 0 Å². The van der Waals surface area contributed by atoms with Crippen LogP contribution >= 0.6 is 0 Å². The maximum Gasteiger partial charge on any atom is 0.166 e. The van der Waals surface area contributed by atoms with E-state index in [2.05, 4.69) is 46.8 Å². The van der Waals surface area contributed by atoms with E-state index in [1.165, 1.54) is 11.3 Å². The van der Waals surface area contributed by atoms with Gasteiger partial charge in [-0.15, -0.1) is 0 Å². The van der Waals surface area contributed by atoms with Crippen molar-refractivity contribution in [3.05, 3.63) is 59.4 Å². The highest BCUT2D eigenvalue weighted by Gasteiger charge is 2.27. The lowest BCUT2D eigenvalue weighted by Crippen LogP contribution is -2.36. The van der Waals surface area contributed by atoms with E-state index >= 15 is 0 Å². The van der Waals surface area contributed by atoms with Crippen molar-refractivity contribution >= 4 is 6.29 Å². The van der Waals surface area contributed by atoms with Crippen molar-refractivity contribution in [1.29, 1.82) is 0 Å². The van der Waals surface area contributed by atoms with Gasteiger partial charge in [-0.3, -0.25) is 9.69 Å². The van der Waals surface area contributed by atoms with Crippen LogP contribution in [0.1, 0.15) is 27.8 Å². The summed E-state index contributed by atoms with van der Waals surface area (Å²) in [6.45, 7) is 1.85. The fraction of sp³-hybridized carbons (Fsp3) is 0.267. The third-order valence-electron chi connectivity index (χ3n) is 3.68. The number of rotatable bonds is 2. The Balaban J connectivity index is 2.10. The second kappa shape index (κ2) is 4.42. The fourth-order valence-corrected chi connectivity index (χ4v) is 2.77. The third kappa shape index (κ3) is 1.68. The summed E-state index contributed by atoms with van der Waals surface area (Å²) in [6.07, 6.45) is 0.941. The van der Waals surface area contributed by atoms with Crippen molar-refractivity contribution in [3.8, 4) is 0 Å². The van der Waals surface area contributed by atoms with Gasteiger partial charge in [0.15, 0.2) is 6.29 Å². The van der Waals surface area contributed by atoms with Crippen molar-refractivity contribution in [2.24, 2.45) is 0 Å². The van der Waals surface area contributed by atoms with Crippen molar-refractivity contribution in [2.45, 2.75) is 12.6 Å². The summed E-state index contributed by atoms with van der Waals surface area (Å²) in [5.74, 6) is 0. The number of benzene rings is 1. The van der Waals surface area contributed by atoms with E-state index in [1.54, 1.807) is 0 Å². The smallest absolute Gasteiger partial charge is 0.166 e. The number of fused-ring (bicyclic) bond motifs is 1. The summed E-state index contributed by atoms with van der Waals surface area (Å²) in [6, 6.07) is 14.7. The largest absolute Gasteiger partial charge is 0.339 e. The molecule has 1 atom stereocenters. The molecule has 0 N–H and O–H groups in total. The molecule has 0 spiro atoms. The van der Waals surface area contributed by atoms with E-state index in [4.69, 9.17) is 0 Å². The minimum absolute atomic E-state index is 0.244. The van der Waals surface area contributed by atoms with Crippen LogP contribution < -0.4 is 0 Å². The van der Waals surface area contributed by atoms with Crippen LogP contribution in [0, 0.1) is 0 Å². The summed E-state index contributed by atoms with van der Waals surface area (Å²) < 4.78 is 2.13. The van der Waals surface area contributed by atoms with Gasteiger partial charge in [-0.05, 0) is 24.7 Å². The molecule has 1 aromatic heterocycles. The van der Waals surface area contributed by atoms with E-state index in [-0.39, 0.29) is 6.04 Å². The van der Waals surface area contributed by atoms with Gasteiger partial charge in [0.05, 0.1) is 11.7 Å². The summed E-state index contributed by atoms with van der Waals surface area (Å²) in [4.78, 5) is 13.4. The van der Waals surface area contributed by atoms with Gasteiger partial charge in [-0.1, -0.05) is 30.3 Å². The van der Waals surface area contributed by atoms with Crippen molar-refractivity contribution in [2.75, 3.05) is 13.6 Å². The van der Waals surface area contributed by atoms with Crippen LogP contribution in [0.2, 0.25) is 0 Å². The van der Waals surface area contributed by atoms with Gasteiger partial charge >= 0.3 is 0 Å². The molecule has 3 nitrogen and oxygen atoms in total. The molecule has 1 unspecified atom stereocenters. The molecule has 1 aliphatic rings. The van der Waals surface area contributed by atoms with Gasteiger partial charge in [-0.2, -0.15) is 0 Å². The molecule has 18 heavy (non-hydrogen) atoms. The molecule has 0 saturated heterocycles. The van der Waals surface area contributed by atoms with E-state index in [0.29, 0.717) is 0 Å². The lowest BCUT2D eigenvalue weighted by atomic mass is 10.0. The number of carbonyl (C=O) groups excluding carboxylic acids is 1.